The second-order valence-electron chi connectivity index (χ2n) is 10.7. The lowest BCUT2D eigenvalue weighted by atomic mass is 9.87. The van der Waals surface area contributed by atoms with E-state index in [-0.39, 0.29) is 35.2 Å². The summed E-state index contributed by atoms with van der Waals surface area (Å²) in [6.45, 7) is 9.91. The van der Waals surface area contributed by atoms with Crippen molar-refractivity contribution in [1.82, 2.24) is 5.32 Å². The highest BCUT2D eigenvalue weighted by molar-refractivity contribution is 8.18. The summed E-state index contributed by atoms with van der Waals surface area (Å²) >= 11 is 0.628. The van der Waals surface area contributed by atoms with E-state index in [1.54, 1.807) is 13.8 Å². The van der Waals surface area contributed by atoms with Gasteiger partial charge in [-0.25, -0.2) is 0 Å². The Bertz CT molecular complexity index is 1470. The number of hydrogen-bond acceptors (Lipinski definition) is 8. The standard InChI is InChI=1S/C31H34F3NO7S/c1-6-39-25(36)8-7-13-40-26-17(2)18(3)27-21(19(26)4)11-12-30(5,42-27)16-41-23-10-9-20(14-22(23)31(32,33)34)15-24-28(37)35-29(38)43-24/h9-10,14-15H,6-8,11-13,16H2,1-5H3,(H,35,37,38)/b24-15+. The topological polar surface area (TPSA) is 100 Å². The van der Waals surface area contributed by atoms with Crippen molar-refractivity contribution >= 4 is 35.0 Å². The van der Waals surface area contributed by atoms with Gasteiger partial charge in [0.2, 0.25) is 0 Å². The zero-order chi connectivity index (χ0) is 31.5. The molecule has 2 aliphatic heterocycles. The monoisotopic (exact) mass is 621 g/mol. The Kier molecular flexibility index (Phi) is 9.68. The van der Waals surface area contributed by atoms with Gasteiger partial charge < -0.3 is 18.9 Å². The van der Waals surface area contributed by atoms with E-state index >= 15 is 0 Å². The van der Waals surface area contributed by atoms with Crippen molar-refractivity contribution < 1.29 is 46.5 Å². The highest BCUT2D eigenvalue weighted by atomic mass is 32.2. The van der Waals surface area contributed by atoms with Crippen molar-refractivity contribution in [2.75, 3.05) is 19.8 Å². The maximum atomic E-state index is 14.0. The summed E-state index contributed by atoms with van der Waals surface area (Å²) < 4.78 is 65.2. The van der Waals surface area contributed by atoms with Crippen LogP contribution in [0.4, 0.5) is 18.0 Å². The number of amides is 2. The summed E-state index contributed by atoms with van der Waals surface area (Å²) in [5, 5.41) is 1.50. The minimum atomic E-state index is -4.72. The van der Waals surface area contributed by atoms with Gasteiger partial charge in [-0.05, 0) is 106 Å². The molecular formula is C31H34F3NO7S. The number of halogens is 3. The van der Waals surface area contributed by atoms with Crippen LogP contribution in [0.15, 0.2) is 23.1 Å². The molecule has 1 fully saturated rings. The summed E-state index contributed by atoms with van der Waals surface area (Å²) in [7, 11) is 0. The van der Waals surface area contributed by atoms with Crippen LogP contribution in [0.3, 0.4) is 0 Å². The molecule has 0 bridgehead atoms. The van der Waals surface area contributed by atoms with E-state index in [1.807, 2.05) is 20.8 Å². The number of rotatable bonds is 10. The van der Waals surface area contributed by atoms with E-state index in [0.717, 1.165) is 34.1 Å². The van der Waals surface area contributed by atoms with Crippen molar-refractivity contribution in [1.29, 1.82) is 0 Å². The molecule has 2 aromatic carbocycles. The van der Waals surface area contributed by atoms with E-state index in [2.05, 4.69) is 5.32 Å². The molecule has 1 atom stereocenters. The fraction of sp³-hybridized carbons (Fsp3) is 0.452. The van der Waals surface area contributed by atoms with E-state index in [4.69, 9.17) is 18.9 Å². The Balaban J connectivity index is 1.49. The molecule has 232 valence electrons. The molecule has 12 heteroatoms. The van der Waals surface area contributed by atoms with Gasteiger partial charge in [0.15, 0.2) is 0 Å². The molecule has 43 heavy (non-hydrogen) atoms. The minimum Gasteiger partial charge on any atom is -0.493 e. The van der Waals surface area contributed by atoms with Gasteiger partial charge in [-0.15, -0.1) is 0 Å². The number of ether oxygens (including phenoxy) is 4. The van der Waals surface area contributed by atoms with Crippen molar-refractivity contribution in [2.45, 2.75) is 72.1 Å². The van der Waals surface area contributed by atoms with Gasteiger partial charge in [-0.2, -0.15) is 13.2 Å². The van der Waals surface area contributed by atoms with Crippen LogP contribution in [0.2, 0.25) is 0 Å². The molecule has 2 aliphatic rings. The van der Waals surface area contributed by atoms with Crippen LogP contribution in [0.25, 0.3) is 6.08 Å². The Morgan fingerprint density at radius 2 is 1.88 bits per heavy atom. The van der Waals surface area contributed by atoms with Gasteiger partial charge in [-0.1, -0.05) is 6.07 Å². The molecule has 2 amide bonds. The van der Waals surface area contributed by atoms with Crippen molar-refractivity contribution in [3.8, 4) is 17.2 Å². The molecule has 4 rings (SSSR count). The number of carbonyl (C=O) groups excluding carboxylic acids is 3. The van der Waals surface area contributed by atoms with Crippen molar-refractivity contribution in [2.24, 2.45) is 0 Å². The number of esters is 1. The molecule has 2 heterocycles. The molecule has 0 spiro atoms. The van der Waals surface area contributed by atoms with Crippen LogP contribution < -0.4 is 19.5 Å². The maximum absolute atomic E-state index is 14.0. The SMILES string of the molecule is CCOC(=O)CCCOc1c(C)c(C)c2c(c1C)CCC(C)(COc1ccc(/C=C3/SC(=O)NC3=O)cc1C(F)(F)F)O2. The molecule has 1 N–H and O–H groups in total. The molecule has 0 aliphatic carbocycles. The second kappa shape index (κ2) is 12.9. The van der Waals surface area contributed by atoms with Gasteiger partial charge in [0.05, 0.1) is 23.7 Å². The molecule has 1 unspecified atom stereocenters. The molecule has 0 radical (unpaired) electrons. The highest BCUT2D eigenvalue weighted by Gasteiger charge is 2.38. The summed E-state index contributed by atoms with van der Waals surface area (Å²) in [6.07, 6.45) is -1.59. The third kappa shape index (κ3) is 7.46. The van der Waals surface area contributed by atoms with Crippen LogP contribution in [0.5, 0.6) is 17.2 Å². The Morgan fingerprint density at radius 1 is 1.14 bits per heavy atom. The van der Waals surface area contributed by atoms with Crippen molar-refractivity contribution in [3.63, 3.8) is 0 Å². The fourth-order valence-corrected chi connectivity index (χ4v) is 5.69. The second-order valence-corrected chi connectivity index (χ2v) is 11.7. The number of hydrogen-bond donors (Lipinski definition) is 1. The summed E-state index contributed by atoms with van der Waals surface area (Å²) in [4.78, 5) is 34.9. The van der Waals surface area contributed by atoms with E-state index in [9.17, 15) is 27.6 Å². The van der Waals surface area contributed by atoms with Gasteiger partial charge in [0.25, 0.3) is 11.1 Å². The van der Waals surface area contributed by atoms with Gasteiger partial charge in [0, 0.05) is 12.0 Å². The third-order valence-electron chi connectivity index (χ3n) is 7.42. The number of fused-ring (bicyclic) bond motifs is 1. The van der Waals surface area contributed by atoms with E-state index < -0.39 is 28.5 Å². The summed E-state index contributed by atoms with van der Waals surface area (Å²) in [5.41, 5.74) is 1.87. The Labute approximate surface area is 252 Å². The first-order valence-corrected chi connectivity index (χ1v) is 14.7. The summed E-state index contributed by atoms with van der Waals surface area (Å²) in [5.74, 6) is 0.138. The van der Waals surface area contributed by atoms with Crippen LogP contribution in [0.1, 0.15) is 66.5 Å². The molecule has 2 aromatic rings. The number of benzene rings is 2. The van der Waals surface area contributed by atoms with Crippen LogP contribution in [-0.4, -0.2) is 42.5 Å². The van der Waals surface area contributed by atoms with Gasteiger partial charge >= 0.3 is 12.1 Å². The average Bonchev–Trinajstić information content (AvgIpc) is 3.26. The lowest BCUT2D eigenvalue weighted by Crippen LogP contribution is -2.42. The first-order valence-electron chi connectivity index (χ1n) is 13.9. The first-order chi connectivity index (χ1) is 20.2. The van der Waals surface area contributed by atoms with Gasteiger partial charge in [-0.3, -0.25) is 19.7 Å². The van der Waals surface area contributed by atoms with Crippen LogP contribution in [-0.2, 0) is 26.9 Å². The fourth-order valence-electron chi connectivity index (χ4n) is 5.01. The number of imide groups is 1. The lowest BCUT2D eigenvalue weighted by molar-refractivity contribution is -0.143. The Hall–Kier alpha value is -3.67. The minimum absolute atomic E-state index is 0.0137. The Morgan fingerprint density at radius 3 is 2.53 bits per heavy atom. The highest BCUT2D eigenvalue weighted by Crippen LogP contribution is 2.44. The molecule has 0 aromatic heterocycles. The molecule has 8 nitrogen and oxygen atoms in total. The number of thioether (sulfide) groups is 1. The maximum Gasteiger partial charge on any atom is 0.419 e. The lowest BCUT2D eigenvalue weighted by Gasteiger charge is -2.38. The largest absolute Gasteiger partial charge is 0.493 e. The molecule has 1 saturated heterocycles. The zero-order valence-electron chi connectivity index (χ0n) is 24.7. The first kappa shape index (κ1) is 32.2. The normalized spacial score (nSPS) is 19.1. The predicted molar refractivity (Wildman–Crippen MR) is 155 cm³/mol. The number of carbonyl (C=O) groups is 3. The third-order valence-corrected chi connectivity index (χ3v) is 8.23. The smallest absolute Gasteiger partial charge is 0.419 e. The number of nitrogens with one attached hydrogen (secondary N) is 1. The number of alkyl halides is 3. The van der Waals surface area contributed by atoms with Crippen LogP contribution in [0, 0.1) is 20.8 Å². The zero-order valence-corrected chi connectivity index (χ0v) is 25.5. The average molecular weight is 622 g/mol. The van der Waals surface area contributed by atoms with E-state index in [0.29, 0.717) is 50.0 Å². The molecular weight excluding hydrogens is 587 g/mol. The van der Waals surface area contributed by atoms with Crippen LogP contribution >= 0.6 is 11.8 Å². The van der Waals surface area contributed by atoms with Crippen molar-refractivity contribution in [3.05, 3.63) is 56.5 Å². The quantitative estimate of drug-likeness (QED) is 0.175. The van der Waals surface area contributed by atoms with E-state index in [1.165, 1.54) is 18.2 Å². The molecule has 0 saturated carbocycles. The summed E-state index contributed by atoms with van der Waals surface area (Å²) in [6, 6.07) is 3.50. The van der Waals surface area contributed by atoms with Gasteiger partial charge in [0.1, 0.15) is 29.5 Å². The predicted octanol–water partition coefficient (Wildman–Crippen LogP) is 6.84.